The minimum atomic E-state index is -0.346. The van der Waals surface area contributed by atoms with Crippen LogP contribution in [-0.2, 0) is 14.4 Å². The second kappa shape index (κ2) is 10.9. The van der Waals surface area contributed by atoms with Crippen LogP contribution in [0, 0.1) is 0 Å². The number of piperazine rings is 1. The second-order valence-electron chi connectivity index (χ2n) is 8.11. The van der Waals surface area contributed by atoms with Gasteiger partial charge in [0.2, 0.25) is 17.7 Å². The maximum absolute atomic E-state index is 12.9. The first-order chi connectivity index (χ1) is 14.4. The van der Waals surface area contributed by atoms with E-state index in [1.165, 1.54) is 13.3 Å². The third-order valence-electron chi connectivity index (χ3n) is 5.82. The van der Waals surface area contributed by atoms with Crippen molar-refractivity contribution in [1.29, 1.82) is 0 Å². The summed E-state index contributed by atoms with van der Waals surface area (Å²) in [5, 5.41) is 2.89. The summed E-state index contributed by atoms with van der Waals surface area (Å²) in [6.45, 7) is 6.28. The van der Waals surface area contributed by atoms with Crippen LogP contribution in [0.1, 0.15) is 44.2 Å². The Morgan fingerprint density at radius 3 is 2.10 bits per heavy atom. The van der Waals surface area contributed by atoms with Gasteiger partial charge in [-0.2, -0.15) is 0 Å². The number of halogens is 1. The van der Waals surface area contributed by atoms with Crippen LogP contribution in [0.3, 0.4) is 0 Å². The Labute approximate surface area is 186 Å². The highest BCUT2D eigenvalue weighted by molar-refractivity contribution is 9.10. The molecule has 8 heteroatoms. The van der Waals surface area contributed by atoms with E-state index >= 15 is 0 Å². The number of hydrogen-bond donors (Lipinski definition) is 1. The smallest absolute Gasteiger partial charge is 0.236 e. The van der Waals surface area contributed by atoms with Crippen molar-refractivity contribution in [3.63, 3.8) is 0 Å². The zero-order valence-corrected chi connectivity index (χ0v) is 19.2. The van der Waals surface area contributed by atoms with Gasteiger partial charge in [-0.3, -0.25) is 19.3 Å². The minimum Gasteiger partial charge on any atom is -0.349 e. The number of hydrogen-bond acceptors (Lipinski definition) is 4. The molecule has 1 atom stereocenters. The number of nitrogens with zero attached hydrogens (tertiary/aromatic N) is 3. The van der Waals surface area contributed by atoms with Crippen LogP contribution in [0.4, 0.5) is 0 Å². The molecule has 2 heterocycles. The van der Waals surface area contributed by atoms with E-state index in [0.717, 1.165) is 36.0 Å². The number of amides is 3. The summed E-state index contributed by atoms with van der Waals surface area (Å²) in [4.78, 5) is 42.9. The molecule has 30 heavy (non-hydrogen) atoms. The Kier molecular flexibility index (Phi) is 8.27. The molecular formula is C22H31BrN4O3. The molecule has 0 radical (unpaired) electrons. The molecule has 1 unspecified atom stereocenters. The second-order valence-corrected chi connectivity index (χ2v) is 9.02. The van der Waals surface area contributed by atoms with E-state index in [-0.39, 0.29) is 30.2 Å². The van der Waals surface area contributed by atoms with Crippen LogP contribution < -0.4 is 5.32 Å². The predicted molar refractivity (Wildman–Crippen MR) is 119 cm³/mol. The average Bonchev–Trinajstić information content (AvgIpc) is 2.74. The number of likely N-dealkylation sites (tertiary alicyclic amines) is 1. The molecule has 0 spiro atoms. The molecule has 1 N–H and O–H groups in total. The van der Waals surface area contributed by atoms with Gasteiger partial charge < -0.3 is 15.1 Å². The molecule has 2 aliphatic heterocycles. The van der Waals surface area contributed by atoms with Crippen LogP contribution >= 0.6 is 15.9 Å². The zero-order chi connectivity index (χ0) is 21.5. The molecule has 1 aromatic rings. The summed E-state index contributed by atoms with van der Waals surface area (Å²) in [6, 6.07) is 7.31. The molecule has 2 saturated heterocycles. The molecule has 3 amide bonds. The molecule has 3 rings (SSSR count). The van der Waals surface area contributed by atoms with E-state index in [2.05, 4.69) is 26.1 Å². The quantitative estimate of drug-likeness (QED) is 0.679. The average molecular weight is 479 g/mol. The topological polar surface area (TPSA) is 73.0 Å². The standard InChI is InChI=1S/C22H31BrN4O3/c1-17(28)24-20(18-5-7-19(23)8-6-18)15-21(29)27-13-11-25(12-14-27)16-22(30)26-9-3-2-4-10-26/h5-8,20H,2-4,9-16H2,1H3,(H,24,28). The molecular weight excluding hydrogens is 448 g/mol. The number of benzene rings is 1. The lowest BCUT2D eigenvalue weighted by Gasteiger charge is -2.36. The highest BCUT2D eigenvalue weighted by Crippen LogP contribution is 2.21. The Balaban J connectivity index is 1.50. The van der Waals surface area contributed by atoms with Crippen LogP contribution in [0.15, 0.2) is 28.7 Å². The summed E-state index contributed by atoms with van der Waals surface area (Å²) >= 11 is 3.41. The first-order valence-electron chi connectivity index (χ1n) is 10.7. The molecule has 7 nitrogen and oxygen atoms in total. The van der Waals surface area contributed by atoms with Crippen LogP contribution in [0.25, 0.3) is 0 Å². The van der Waals surface area contributed by atoms with Crippen LogP contribution in [0.2, 0.25) is 0 Å². The molecule has 2 fully saturated rings. The van der Waals surface area contributed by atoms with Gasteiger partial charge in [0.25, 0.3) is 0 Å². The summed E-state index contributed by atoms with van der Waals surface area (Å²) in [7, 11) is 0. The fraction of sp³-hybridized carbons (Fsp3) is 0.591. The van der Waals surface area contributed by atoms with Crippen molar-refractivity contribution in [2.45, 2.75) is 38.6 Å². The Morgan fingerprint density at radius 2 is 1.50 bits per heavy atom. The van der Waals surface area contributed by atoms with Gasteiger partial charge in [-0.05, 0) is 37.0 Å². The fourth-order valence-corrected chi connectivity index (χ4v) is 4.35. The third-order valence-corrected chi connectivity index (χ3v) is 6.35. The number of carbonyl (C=O) groups is 3. The minimum absolute atomic E-state index is 0.0266. The number of carbonyl (C=O) groups excluding carboxylic acids is 3. The van der Waals surface area contributed by atoms with Crippen molar-refractivity contribution in [3.05, 3.63) is 34.3 Å². The molecule has 164 valence electrons. The van der Waals surface area contributed by atoms with Gasteiger partial charge in [-0.1, -0.05) is 28.1 Å². The van der Waals surface area contributed by atoms with Gasteiger partial charge in [0.05, 0.1) is 19.0 Å². The largest absolute Gasteiger partial charge is 0.349 e. The molecule has 1 aromatic carbocycles. The third kappa shape index (κ3) is 6.54. The Morgan fingerprint density at radius 1 is 0.900 bits per heavy atom. The summed E-state index contributed by atoms with van der Waals surface area (Å²) < 4.78 is 0.953. The lowest BCUT2D eigenvalue weighted by atomic mass is 10.0. The maximum atomic E-state index is 12.9. The summed E-state index contributed by atoms with van der Waals surface area (Å²) in [5.41, 5.74) is 0.910. The molecule has 2 aliphatic rings. The first-order valence-corrected chi connectivity index (χ1v) is 11.5. The fourth-order valence-electron chi connectivity index (χ4n) is 4.09. The predicted octanol–water partition coefficient (Wildman–Crippen LogP) is 2.17. The van der Waals surface area contributed by atoms with E-state index in [0.29, 0.717) is 32.7 Å². The van der Waals surface area contributed by atoms with E-state index < -0.39 is 0 Å². The molecule has 0 aliphatic carbocycles. The molecule has 0 saturated carbocycles. The van der Waals surface area contributed by atoms with E-state index in [1.54, 1.807) is 0 Å². The highest BCUT2D eigenvalue weighted by Gasteiger charge is 2.27. The Hall–Kier alpha value is -1.93. The van der Waals surface area contributed by atoms with E-state index in [4.69, 9.17) is 0 Å². The monoisotopic (exact) mass is 478 g/mol. The Bertz CT molecular complexity index is 741. The number of rotatable bonds is 6. The van der Waals surface area contributed by atoms with Gasteiger partial charge in [0, 0.05) is 50.7 Å². The lowest BCUT2D eigenvalue weighted by Crippen LogP contribution is -2.52. The van der Waals surface area contributed by atoms with E-state index in [9.17, 15) is 14.4 Å². The number of nitrogens with one attached hydrogen (secondary N) is 1. The van der Waals surface area contributed by atoms with Crippen molar-refractivity contribution in [2.24, 2.45) is 0 Å². The van der Waals surface area contributed by atoms with Gasteiger partial charge >= 0.3 is 0 Å². The molecule has 0 aromatic heterocycles. The van der Waals surface area contributed by atoms with Crippen molar-refractivity contribution >= 4 is 33.7 Å². The van der Waals surface area contributed by atoms with Crippen LogP contribution in [0.5, 0.6) is 0 Å². The number of piperidine rings is 1. The van der Waals surface area contributed by atoms with Crippen molar-refractivity contribution < 1.29 is 14.4 Å². The van der Waals surface area contributed by atoms with Crippen LogP contribution in [-0.4, -0.2) is 78.2 Å². The van der Waals surface area contributed by atoms with E-state index in [1.807, 2.05) is 34.1 Å². The summed E-state index contributed by atoms with van der Waals surface area (Å²) in [5.74, 6) is 0.0749. The van der Waals surface area contributed by atoms with Crippen molar-refractivity contribution in [2.75, 3.05) is 45.8 Å². The van der Waals surface area contributed by atoms with Crippen molar-refractivity contribution in [1.82, 2.24) is 20.0 Å². The summed E-state index contributed by atoms with van der Waals surface area (Å²) in [6.07, 6.45) is 3.64. The normalized spacial score (nSPS) is 18.7. The lowest BCUT2D eigenvalue weighted by molar-refractivity contribution is -0.136. The zero-order valence-electron chi connectivity index (χ0n) is 17.6. The maximum Gasteiger partial charge on any atom is 0.236 e. The molecule has 0 bridgehead atoms. The highest BCUT2D eigenvalue weighted by atomic mass is 79.9. The SMILES string of the molecule is CC(=O)NC(CC(=O)N1CCN(CC(=O)N2CCCCC2)CC1)c1ccc(Br)cc1. The van der Waals surface area contributed by atoms with Gasteiger partial charge in [-0.25, -0.2) is 0 Å². The van der Waals surface area contributed by atoms with Crippen molar-refractivity contribution in [3.8, 4) is 0 Å². The van der Waals surface area contributed by atoms with Gasteiger partial charge in [0.15, 0.2) is 0 Å². The first kappa shape index (κ1) is 22.7. The van der Waals surface area contributed by atoms with Gasteiger partial charge in [-0.15, -0.1) is 0 Å². The van der Waals surface area contributed by atoms with Gasteiger partial charge in [0.1, 0.15) is 0 Å².